The van der Waals surface area contributed by atoms with Gasteiger partial charge >= 0.3 is 0 Å². The molecule has 0 saturated heterocycles. The van der Waals surface area contributed by atoms with Gasteiger partial charge in [0.15, 0.2) is 0 Å². The molecule has 0 aliphatic heterocycles. The fourth-order valence-corrected chi connectivity index (χ4v) is 7.69. The van der Waals surface area contributed by atoms with Gasteiger partial charge in [-0.05, 0) is 98.2 Å². The van der Waals surface area contributed by atoms with Crippen LogP contribution in [0.1, 0.15) is 102 Å². The fourth-order valence-electron chi connectivity index (χ4n) is 7.69. The van der Waals surface area contributed by atoms with Crippen LogP contribution in [-0.4, -0.2) is 11.2 Å². The monoisotopic (exact) mass is 403 g/mol. The topological polar surface area (TPSA) is 20.2 Å². The van der Waals surface area contributed by atoms with Crippen LogP contribution in [-0.2, 0) is 0 Å². The molecule has 0 bridgehead atoms. The largest absolute Gasteiger partial charge is 0.393 e. The highest BCUT2D eigenvalue weighted by Crippen LogP contribution is 2.66. The molecule has 0 radical (unpaired) electrons. The predicted octanol–water partition coefficient (Wildman–Crippen LogP) is 7.47. The van der Waals surface area contributed by atoms with E-state index in [4.69, 9.17) is 9.60 Å². The molecular weight excluding hydrogens is 352 g/mol. The van der Waals surface area contributed by atoms with Crippen LogP contribution in [0.3, 0.4) is 0 Å². The molecule has 1 N–H and O–H groups in total. The Labute approximate surface area is 189 Å². The van der Waals surface area contributed by atoms with E-state index in [1.807, 2.05) is 0 Å². The van der Waals surface area contributed by atoms with Gasteiger partial charge < -0.3 is 5.11 Å². The van der Waals surface area contributed by atoms with Crippen LogP contribution in [0.5, 0.6) is 0 Å². The molecule has 7 atom stereocenters. The van der Waals surface area contributed by atoms with E-state index < -0.39 is 19.6 Å². The van der Waals surface area contributed by atoms with Crippen LogP contribution in [0.15, 0.2) is 35.5 Å². The lowest BCUT2D eigenvalue weighted by Gasteiger charge is -2.55. The van der Waals surface area contributed by atoms with Gasteiger partial charge in [0.05, 0.1) is 6.10 Å². The van der Waals surface area contributed by atoms with Crippen molar-refractivity contribution in [1.82, 2.24) is 0 Å². The SMILES string of the molecule is [2H]C([2H])([2H])C([2H])(C(=C)CC[C@@H](C)[C@H]1CC[C@H]2C3=CC=C4C[C@@H](O)CC[C@]4(C)[C@H]3CC[C@]12C)C([2H])([2H])[2H]. The maximum Gasteiger partial charge on any atom is 0.0578 e. The Balaban J connectivity index is 1.49. The molecule has 4 aliphatic rings. The van der Waals surface area contributed by atoms with Crippen molar-refractivity contribution in [1.29, 1.82) is 0 Å². The van der Waals surface area contributed by atoms with Crippen molar-refractivity contribution in [3.05, 3.63) is 35.5 Å². The zero-order chi connectivity index (χ0) is 26.9. The third kappa shape index (κ3) is 3.50. The summed E-state index contributed by atoms with van der Waals surface area (Å²) < 4.78 is 54.9. The first-order valence-corrected chi connectivity index (χ1v) is 11.7. The second kappa shape index (κ2) is 7.70. The van der Waals surface area contributed by atoms with E-state index in [9.17, 15) is 5.11 Å². The van der Waals surface area contributed by atoms with Gasteiger partial charge in [-0.3, -0.25) is 0 Å². The van der Waals surface area contributed by atoms with Crippen LogP contribution in [0.2, 0.25) is 0 Å². The zero-order valence-corrected chi connectivity index (χ0v) is 18.6. The van der Waals surface area contributed by atoms with E-state index >= 15 is 0 Å². The normalized spacial score (nSPS) is 47.2. The van der Waals surface area contributed by atoms with E-state index in [0.29, 0.717) is 30.1 Å². The first kappa shape index (κ1) is 14.3. The highest BCUT2D eigenvalue weighted by Gasteiger charge is 2.56. The Bertz CT molecular complexity index is 931. The van der Waals surface area contributed by atoms with Gasteiger partial charge in [0.25, 0.3) is 0 Å². The molecule has 0 aromatic heterocycles. The van der Waals surface area contributed by atoms with Gasteiger partial charge in [-0.2, -0.15) is 0 Å². The Morgan fingerprint density at radius 2 is 2.00 bits per heavy atom. The first-order valence-electron chi connectivity index (χ1n) is 15.2. The molecule has 4 rings (SSSR count). The minimum Gasteiger partial charge on any atom is -0.393 e. The van der Waals surface area contributed by atoms with Crippen LogP contribution in [0.25, 0.3) is 0 Å². The van der Waals surface area contributed by atoms with Gasteiger partial charge in [-0.1, -0.05) is 69.9 Å². The number of rotatable bonds is 5. The molecule has 29 heavy (non-hydrogen) atoms. The summed E-state index contributed by atoms with van der Waals surface area (Å²) in [5.41, 5.74) is 3.35. The molecule has 3 fully saturated rings. The van der Waals surface area contributed by atoms with Gasteiger partial charge in [-0.15, -0.1) is 0 Å². The summed E-state index contributed by atoms with van der Waals surface area (Å²) in [5, 5.41) is 10.2. The van der Waals surface area contributed by atoms with Gasteiger partial charge in [0, 0.05) is 9.60 Å². The van der Waals surface area contributed by atoms with Crippen molar-refractivity contribution in [3.8, 4) is 0 Å². The van der Waals surface area contributed by atoms with Crippen LogP contribution in [0.4, 0.5) is 0 Å². The number of aliphatic hydroxyl groups excluding tert-OH is 1. The summed E-state index contributed by atoms with van der Waals surface area (Å²) in [6, 6.07) is 0. The lowest BCUT2D eigenvalue weighted by molar-refractivity contribution is 0.0326. The Morgan fingerprint density at radius 1 is 1.21 bits per heavy atom. The highest BCUT2D eigenvalue weighted by molar-refractivity contribution is 5.38. The quantitative estimate of drug-likeness (QED) is 0.472. The maximum atomic E-state index is 10.2. The average Bonchev–Trinajstić information content (AvgIpc) is 3.12. The summed E-state index contributed by atoms with van der Waals surface area (Å²) in [6.45, 7) is 4.98. The van der Waals surface area contributed by atoms with Crippen molar-refractivity contribution in [3.63, 3.8) is 0 Å². The molecular formula is C28H44O. The van der Waals surface area contributed by atoms with Gasteiger partial charge in [-0.25, -0.2) is 0 Å². The summed E-state index contributed by atoms with van der Waals surface area (Å²) in [6.07, 6.45) is 12.7. The van der Waals surface area contributed by atoms with E-state index in [-0.39, 0.29) is 28.9 Å². The molecule has 1 nitrogen and oxygen atoms in total. The smallest absolute Gasteiger partial charge is 0.0578 e. The van der Waals surface area contributed by atoms with Gasteiger partial charge in [0.2, 0.25) is 0 Å². The second-order valence-corrected chi connectivity index (χ2v) is 11.0. The fraction of sp³-hybridized carbons (Fsp3) is 0.786. The molecule has 0 amide bonds. The minimum absolute atomic E-state index is 0.00201. The molecule has 0 spiro atoms. The van der Waals surface area contributed by atoms with Crippen LogP contribution in [0, 0.1) is 40.4 Å². The Hall–Kier alpha value is -0.820. The number of fused-ring (bicyclic) bond motifs is 5. The molecule has 1 heteroatoms. The zero-order valence-electron chi connectivity index (χ0n) is 25.6. The van der Waals surface area contributed by atoms with E-state index in [1.165, 1.54) is 5.57 Å². The summed E-state index contributed by atoms with van der Waals surface area (Å²) in [5.74, 6) is -0.779. The highest BCUT2D eigenvalue weighted by atomic mass is 16.3. The molecule has 0 heterocycles. The van der Waals surface area contributed by atoms with Gasteiger partial charge in [0.1, 0.15) is 0 Å². The van der Waals surface area contributed by atoms with Crippen molar-refractivity contribution < 1.29 is 14.7 Å². The lowest BCUT2D eigenvalue weighted by atomic mass is 9.50. The minimum atomic E-state index is -2.95. The summed E-state index contributed by atoms with van der Waals surface area (Å²) in [4.78, 5) is 0. The van der Waals surface area contributed by atoms with Crippen molar-refractivity contribution in [2.45, 2.75) is 98.4 Å². The lowest BCUT2D eigenvalue weighted by Crippen LogP contribution is -2.46. The molecule has 0 unspecified atom stereocenters. The van der Waals surface area contributed by atoms with Crippen molar-refractivity contribution in [2.24, 2.45) is 40.4 Å². The van der Waals surface area contributed by atoms with E-state index in [0.717, 1.165) is 44.9 Å². The summed E-state index contributed by atoms with van der Waals surface area (Å²) in [7, 11) is 0. The standard InChI is InChI=1S/C28H44O/c1-18(2)19(3)7-8-20(4)24-11-12-25-23-10-9-21-17-22(29)13-15-27(21,5)26(23)14-16-28(24,25)6/h9-10,18,20,22,24-26,29H,3,7-8,11-17H2,1-2,4-6H3/t20-,22+,24-,25+,26+,27+,28-/m1/s1/i1D3,2D3,18D. The third-order valence-electron chi connectivity index (χ3n) is 9.56. The molecule has 0 aromatic rings. The van der Waals surface area contributed by atoms with E-state index in [1.54, 1.807) is 5.57 Å². The molecule has 0 aromatic carbocycles. The Kier molecular flexibility index (Phi) is 3.79. The Morgan fingerprint density at radius 3 is 2.76 bits per heavy atom. The summed E-state index contributed by atoms with van der Waals surface area (Å²) >= 11 is 0. The second-order valence-electron chi connectivity index (χ2n) is 11.0. The van der Waals surface area contributed by atoms with Crippen LogP contribution >= 0.6 is 0 Å². The third-order valence-corrected chi connectivity index (χ3v) is 9.56. The van der Waals surface area contributed by atoms with Crippen LogP contribution < -0.4 is 0 Å². The molecule has 4 aliphatic carbocycles. The molecule has 3 saturated carbocycles. The number of hydrogen-bond acceptors (Lipinski definition) is 1. The maximum absolute atomic E-state index is 10.2. The first-order chi connectivity index (χ1) is 16.5. The van der Waals surface area contributed by atoms with Crippen molar-refractivity contribution in [2.75, 3.05) is 0 Å². The average molecular weight is 404 g/mol. The number of aliphatic hydroxyl groups is 1. The van der Waals surface area contributed by atoms with Crippen molar-refractivity contribution >= 4 is 0 Å². The predicted molar refractivity (Wildman–Crippen MR) is 124 cm³/mol. The number of allylic oxidation sites excluding steroid dienone is 4. The van der Waals surface area contributed by atoms with E-state index in [2.05, 4.69) is 39.5 Å². The molecule has 162 valence electrons. The number of hydrogen-bond donors (Lipinski definition) is 1.